The van der Waals surface area contributed by atoms with Gasteiger partial charge >= 0.3 is 5.97 Å². The van der Waals surface area contributed by atoms with Crippen LogP contribution in [0.3, 0.4) is 0 Å². The predicted molar refractivity (Wildman–Crippen MR) is 79.5 cm³/mol. The van der Waals surface area contributed by atoms with Crippen LogP contribution in [0.4, 0.5) is 5.69 Å². The number of carbonyl (C=O) groups excluding carboxylic acids is 1. The van der Waals surface area contributed by atoms with Crippen LogP contribution in [0.15, 0.2) is 30.5 Å². The first-order valence-corrected chi connectivity index (χ1v) is 6.56. The van der Waals surface area contributed by atoms with Gasteiger partial charge in [-0.1, -0.05) is 25.1 Å². The van der Waals surface area contributed by atoms with Crippen LogP contribution in [-0.2, 0) is 4.79 Å². The standard InChI is InChI=1S/C16H18N2O2/c1-4-13(19)20-12-8-9-18-16(15(12)17)14-10(2)6-5-7-11(14)3/h5-9H,4,17H2,1-3H3. The van der Waals surface area contributed by atoms with Gasteiger partial charge in [0.2, 0.25) is 0 Å². The molecule has 0 spiro atoms. The minimum Gasteiger partial charge on any atom is -0.424 e. The molecule has 1 aromatic heterocycles. The predicted octanol–water partition coefficient (Wildman–Crippen LogP) is 3.26. The Bertz CT molecular complexity index is 631. The molecule has 2 N–H and O–H groups in total. The first kappa shape index (κ1) is 14.1. The molecule has 2 rings (SSSR count). The third-order valence-electron chi connectivity index (χ3n) is 3.18. The van der Waals surface area contributed by atoms with Crippen molar-refractivity contribution in [3.63, 3.8) is 0 Å². The van der Waals surface area contributed by atoms with E-state index in [0.29, 0.717) is 23.6 Å². The highest BCUT2D eigenvalue weighted by Crippen LogP contribution is 2.34. The van der Waals surface area contributed by atoms with Crippen molar-refractivity contribution in [1.82, 2.24) is 4.98 Å². The molecular formula is C16H18N2O2. The first-order valence-electron chi connectivity index (χ1n) is 6.56. The van der Waals surface area contributed by atoms with E-state index in [1.165, 1.54) is 0 Å². The molecule has 2 aromatic rings. The molecule has 104 valence electrons. The van der Waals surface area contributed by atoms with Gasteiger partial charge in [-0.2, -0.15) is 0 Å². The molecule has 0 saturated carbocycles. The SMILES string of the molecule is CCC(=O)Oc1ccnc(-c2c(C)cccc2C)c1N. The van der Waals surface area contributed by atoms with Gasteiger partial charge in [0.05, 0.1) is 5.69 Å². The Morgan fingerprint density at radius 3 is 2.50 bits per heavy atom. The number of carbonyl (C=O) groups is 1. The number of nitrogens with zero attached hydrogens (tertiary/aromatic N) is 1. The molecule has 0 fully saturated rings. The first-order chi connectivity index (χ1) is 9.54. The summed E-state index contributed by atoms with van der Waals surface area (Å²) in [5.41, 5.74) is 10.3. The zero-order valence-corrected chi connectivity index (χ0v) is 11.9. The number of anilines is 1. The average molecular weight is 270 g/mol. The van der Waals surface area contributed by atoms with Gasteiger partial charge in [0, 0.05) is 24.2 Å². The van der Waals surface area contributed by atoms with Crippen LogP contribution >= 0.6 is 0 Å². The molecule has 0 radical (unpaired) electrons. The number of benzene rings is 1. The lowest BCUT2D eigenvalue weighted by Crippen LogP contribution is -2.08. The molecule has 0 bridgehead atoms. The molecular weight excluding hydrogens is 252 g/mol. The van der Waals surface area contributed by atoms with E-state index in [1.54, 1.807) is 19.2 Å². The van der Waals surface area contributed by atoms with E-state index in [9.17, 15) is 4.79 Å². The van der Waals surface area contributed by atoms with Crippen molar-refractivity contribution in [3.8, 4) is 17.0 Å². The molecule has 0 aliphatic heterocycles. The Morgan fingerprint density at radius 2 is 1.90 bits per heavy atom. The maximum Gasteiger partial charge on any atom is 0.310 e. The third-order valence-corrected chi connectivity index (χ3v) is 3.18. The smallest absolute Gasteiger partial charge is 0.310 e. The number of pyridine rings is 1. The number of nitrogen functional groups attached to an aromatic ring is 1. The lowest BCUT2D eigenvalue weighted by Gasteiger charge is -2.13. The van der Waals surface area contributed by atoms with Crippen molar-refractivity contribution in [2.24, 2.45) is 0 Å². The number of rotatable bonds is 3. The van der Waals surface area contributed by atoms with Crippen LogP contribution in [0.1, 0.15) is 24.5 Å². The number of aromatic nitrogens is 1. The molecule has 4 heteroatoms. The summed E-state index contributed by atoms with van der Waals surface area (Å²) in [6.07, 6.45) is 1.91. The summed E-state index contributed by atoms with van der Waals surface area (Å²) in [5, 5.41) is 0. The lowest BCUT2D eigenvalue weighted by atomic mass is 9.98. The lowest BCUT2D eigenvalue weighted by molar-refractivity contribution is -0.133. The molecule has 0 saturated heterocycles. The molecule has 0 amide bonds. The highest BCUT2D eigenvalue weighted by Gasteiger charge is 2.15. The second-order valence-corrected chi connectivity index (χ2v) is 4.67. The van der Waals surface area contributed by atoms with Gasteiger partial charge in [0.15, 0.2) is 5.75 Å². The van der Waals surface area contributed by atoms with E-state index in [2.05, 4.69) is 4.98 Å². The average Bonchev–Trinajstić information content (AvgIpc) is 2.42. The van der Waals surface area contributed by atoms with Crippen LogP contribution in [0.5, 0.6) is 5.75 Å². The fraction of sp³-hybridized carbons (Fsp3) is 0.250. The number of nitrogens with two attached hydrogens (primary N) is 1. The van der Waals surface area contributed by atoms with Gasteiger partial charge in [-0.25, -0.2) is 0 Å². The summed E-state index contributed by atoms with van der Waals surface area (Å²) in [4.78, 5) is 15.8. The van der Waals surface area contributed by atoms with Crippen molar-refractivity contribution in [2.75, 3.05) is 5.73 Å². The summed E-state index contributed by atoms with van der Waals surface area (Å²) in [5.74, 6) is 0.0554. The number of aryl methyl sites for hydroxylation is 2. The van der Waals surface area contributed by atoms with Crippen LogP contribution in [0.25, 0.3) is 11.3 Å². The quantitative estimate of drug-likeness (QED) is 0.869. The molecule has 20 heavy (non-hydrogen) atoms. The van der Waals surface area contributed by atoms with Gasteiger partial charge in [0.25, 0.3) is 0 Å². The van der Waals surface area contributed by atoms with Gasteiger partial charge in [-0.3, -0.25) is 9.78 Å². The van der Waals surface area contributed by atoms with Crippen molar-refractivity contribution < 1.29 is 9.53 Å². The second kappa shape index (κ2) is 5.74. The van der Waals surface area contributed by atoms with Crippen molar-refractivity contribution in [1.29, 1.82) is 0 Å². The van der Waals surface area contributed by atoms with Crippen molar-refractivity contribution >= 4 is 11.7 Å². The third kappa shape index (κ3) is 2.64. The Labute approximate surface area is 118 Å². The molecule has 0 aliphatic rings. The number of esters is 1. The summed E-state index contributed by atoms with van der Waals surface area (Å²) in [6.45, 7) is 5.76. The van der Waals surface area contributed by atoms with Gasteiger partial charge in [-0.15, -0.1) is 0 Å². The Morgan fingerprint density at radius 1 is 1.25 bits per heavy atom. The van der Waals surface area contributed by atoms with Crippen LogP contribution in [-0.4, -0.2) is 11.0 Å². The largest absolute Gasteiger partial charge is 0.424 e. The highest BCUT2D eigenvalue weighted by atomic mass is 16.5. The molecule has 0 aliphatic carbocycles. The number of hydrogen-bond acceptors (Lipinski definition) is 4. The minimum absolute atomic E-state index is 0.306. The fourth-order valence-electron chi connectivity index (χ4n) is 2.13. The molecule has 0 atom stereocenters. The van der Waals surface area contributed by atoms with E-state index in [1.807, 2.05) is 32.0 Å². The van der Waals surface area contributed by atoms with Crippen LogP contribution in [0, 0.1) is 13.8 Å². The number of ether oxygens (including phenoxy) is 1. The summed E-state index contributed by atoms with van der Waals surface area (Å²) in [6, 6.07) is 7.62. The van der Waals surface area contributed by atoms with E-state index in [0.717, 1.165) is 16.7 Å². The minimum atomic E-state index is -0.310. The Hall–Kier alpha value is -2.36. The van der Waals surface area contributed by atoms with Crippen molar-refractivity contribution in [3.05, 3.63) is 41.6 Å². The van der Waals surface area contributed by atoms with Gasteiger partial charge in [-0.05, 0) is 25.0 Å². The second-order valence-electron chi connectivity index (χ2n) is 4.67. The van der Waals surface area contributed by atoms with Crippen LogP contribution in [0.2, 0.25) is 0 Å². The van der Waals surface area contributed by atoms with Crippen LogP contribution < -0.4 is 10.5 Å². The highest BCUT2D eigenvalue weighted by molar-refractivity contribution is 5.83. The van der Waals surface area contributed by atoms with E-state index < -0.39 is 0 Å². The molecule has 4 nitrogen and oxygen atoms in total. The summed E-state index contributed by atoms with van der Waals surface area (Å²) >= 11 is 0. The topological polar surface area (TPSA) is 65.2 Å². The van der Waals surface area contributed by atoms with Gasteiger partial charge < -0.3 is 10.5 Å². The fourth-order valence-corrected chi connectivity index (χ4v) is 2.13. The zero-order chi connectivity index (χ0) is 14.7. The summed E-state index contributed by atoms with van der Waals surface area (Å²) < 4.78 is 5.23. The van der Waals surface area contributed by atoms with E-state index >= 15 is 0 Å². The molecule has 1 heterocycles. The maximum absolute atomic E-state index is 11.4. The maximum atomic E-state index is 11.4. The van der Waals surface area contributed by atoms with E-state index in [4.69, 9.17) is 10.5 Å². The zero-order valence-electron chi connectivity index (χ0n) is 11.9. The number of hydrogen-bond donors (Lipinski definition) is 1. The molecule has 1 aromatic carbocycles. The Balaban J connectivity index is 2.53. The summed E-state index contributed by atoms with van der Waals surface area (Å²) in [7, 11) is 0. The normalized spacial score (nSPS) is 10.3. The Kier molecular flexibility index (Phi) is 4.03. The van der Waals surface area contributed by atoms with Gasteiger partial charge in [0.1, 0.15) is 5.69 Å². The monoisotopic (exact) mass is 270 g/mol. The van der Waals surface area contributed by atoms with E-state index in [-0.39, 0.29) is 5.97 Å². The van der Waals surface area contributed by atoms with Crippen molar-refractivity contribution in [2.45, 2.75) is 27.2 Å². The molecule has 0 unspecified atom stereocenters.